The highest BCUT2D eigenvalue weighted by Gasteiger charge is 1.88. The van der Waals surface area contributed by atoms with Crippen molar-refractivity contribution in [2.75, 3.05) is 0 Å². The lowest BCUT2D eigenvalue weighted by Crippen LogP contribution is -1.80. The van der Waals surface area contributed by atoms with Gasteiger partial charge in [-0.1, -0.05) is 6.85 Å². The first-order valence-electron chi connectivity index (χ1n) is 4.87. The summed E-state index contributed by atoms with van der Waals surface area (Å²) < 4.78 is 36.6. The van der Waals surface area contributed by atoms with Crippen LogP contribution in [0.25, 0.3) is 0 Å². The maximum atomic E-state index is 7.47. The minimum atomic E-state index is -2.67. The molecule has 0 spiro atoms. The van der Waals surface area contributed by atoms with Gasteiger partial charge in [-0.15, -0.1) is 0 Å². The fraction of sp³-hybridized carbons (Fsp3) is 0.286. The van der Waals surface area contributed by atoms with Gasteiger partial charge in [0, 0.05) is 13.1 Å². The summed E-state index contributed by atoms with van der Waals surface area (Å²) in [5.74, 6) is 0. The maximum absolute atomic E-state index is 7.47. The molecule has 0 radical (unpaired) electrons. The standard InChI is InChI=1S/C7H8BrN/c1-2-6-3-4-9-7(8)5-6/h3-5H,2H2,1H3/i1D3,2D2. The second-order valence-corrected chi connectivity index (χ2v) is 2.30. The van der Waals surface area contributed by atoms with Crippen LogP contribution in [-0.2, 0) is 6.37 Å². The van der Waals surface area contributed by atoms with Gasteiger partial charge in [0.2, 0.25) is 0 Å². The molecule has 0 saturated heterocycles. The summed E-state index contributed by atoms with van der Waals surface area (Å²) in [6.07, 6.45) is -0.985. The van der Waals surface area contributed by atoms with Gasteiger partial charge in [-0.3, -0.25) is 0 Å². The predicted molar refractivity (Wildman–Crippen MR) is 41.3 cm³/mol. The highest BCUT2D eigenvalue weighted by atomic mass is 79.9. The predicted octanol–water partition coefficient (Wildman–Crippen LogP) is 2.41. The van der Waals surface area contributed by atoms with Crippen LogP contribution in [0.4, 0.5) is 0 Å². The zero-order valence-electron chi connectivity index (χ0n) is 9.56. The lowest BCUT2D eigenvalue weighted by Gasteiger charge is -1.93. The number of aryl methyl sites for hydroxylation is 1. The van der Waals surface area contributed by atoms with Crippen LogP contribution < -0.4 is 0 Å². The molecule has 1 aromatic rings. The topological polar surface area (TPSA) is 12.9 Å². The van der Waals surface area contributed by atoms with Crippen LogP contribution in [-0.4, -0.2) is 4.98 Å². The van der Waals surface area contributed by atoms with Crippen LogP contribution in [0, 0.1) is 0 Å². The molecule has 1 aromatic heterocycles. The Morgan fingerprint density at radius 3 is 3.56 bits per heavy atom. The molecule has 1 rings (SSSR count). The van der Waals surface area contributed by atoms with E-state index in [2.05, 4.69) is 20.9 Å². The number of hydrogen-bond acceptors (Lipinski definition) is 1. The Balaban J connectivity index is 3.16. The summed E-state index contributed by atoms with van der Waals surface area (Å²) in [5.41, 5.74) is 0.0966. The quantitative estimate of drug-likeness (QED) is 0.621. The third kappa shape index (κ3) is 1.79. The van der Waals surface area contributed by atoms with E-state index in [0.29, 0.717) is 4.60 Å². The summed E-state index contributed by atoms with van der Waals surface area (Å²) in [7, 11) is 0. The van der Waals surface area contributed by atoms with Crippen molar-refractivity contribution < 1.29 is 6.85 Å². The van der Waals surface area contributed by atoms with E-state index in [1.165, 1.54) is 18.3 Å². The first-order chi connectivity index (χ1) is 6.25. The van der Waals surface area contributed by atoms with E-state index in [4.69, 9.17) is 6.85 Å². The Labute approximate surface area is 70.3 Å². The molecular weight excluding hydrogens is 178 g/mol. The molecule has 2 heteroatoms. The second-order valence-electron chi connectivity index (χ2n) is 1.49. The largest absolute Gasteiger partial charge is 0.249 e. The maximum Gasteiger partial charge on any atom is 0.106 e. The third-order valence-corrected chi connectivity index (χ3v) is 1.30. The number of pyridine rings is 1. The Bertz CT molecular complexity index is 335. The molecule has 1 heterocycles. The number of aromatic nitrogens is 1. The first-order valence-corrected chi connectivity index (χ1v) is 3.16. The molecule has 0 bridgehead atoms. The Morgan fingerprint density at radius 2 is 2.89 bits per heavy atom. The van der Waals surface area contributed by atoms with Gasteiger partial charge in [0.05, 0.1) is 0 Å². The zero-order valence-corrected chi connectivity index (χ0v) is 6.14. The van der Waals surface area contributed by atoms with E-state index < -0.39 is 13.2 Å². The summed E-state index contributed by atoms with van der Waals surface area (Å²) >= 11 is 3.06. The average Bonchev–Trinajstić information content (AvgIpc) is 2.02. The van der Waals surface area contributed by atoms with Gasteiger partial charge in [-0.2, -0.15) is 0 Å². The van der Waals surface area contributed by atoms with Gasteiger partial charge < -0.3 is 0 Å². The van der Waals surface area contributed by atoms with Crippen molar-refractivity contribution in [1.29, 1.82) is 0 Å². The van der Waals surface area contributed by atoms with E-state index in [1.54, 1.807) is 0 Å². The molecule has 0 unspecified atom stereocenters. The molecule has 0 aromatic carbocycles. The lowest BCUT2D eigenvalue weighted by molar-refractivity contribution is 1.11. The molecule has 0 fully saturated rings. The molecule has 0 N–H and O–H groups in total. The molecule has 1 nitrogen and oxygen atoms in total. The molecule has 0 aliphatic carbocycles. The SMILES string of the molecule is [2H]C([2H])([2H])C([2H])([2H])c1ccnc(Br)c1. The molecule has 0 aliphatic heterocycles. The summed E-state index contributed by atoms with van der Waals surface area (Å²) in [6.45, 7) is -2.67. The number of halogens is 1. The van der Waals surface area contributed by atoms with Crippen molar-refractivity contribution in [3.8, 4) is 0 Å². The average molecular weight is 191 g/mol. The molecule has 48 valence electrons. The van der Waals surface area contributed by atoms with Crippen LogP contribution in [0.15, 0.2) is 22.9 Å². The number of nitrogens with zero attached hydrogens (tertiary/aromatic N) is 1. The van der Waals surface area contributed by atoms with E-state index in [1.807, 2.05) is 0 Å². The van der Waals surface area contributed by atoms with Crippen molar-refractivity contribution >= 4 is 15.9 Å². The minimum absolute atomic E-state index is 0.0966. The normalized spacial score (nSPS) is 20.8. The van der Waals surface area contributed by atoms with Gasteiger partial charge >= 0.3 is 0 Å². The van der Waals surface area contributed by atoms with E-state index >= 15 is 0 Å². The highest BCUT2D eigenvalue weighted by Crippen LogP contribution is 2.07. The van der Waals surface area contributed by atoms with Crippen LogP contribution in [0.3, 0.4) is 0 Å². The van der Waals surface area contributed by atoms with Gasteiger partial charge in [0.25, 0.3) is 0 Å². The van der Waals surface area contributed by atoms with E-state index in [9.17, 15) is 0 Å². The molecule has 9 heavy (non-hydrogen) atoms. The summed E-state index contributed by atoms with van der Waals surface area (Å²) in [5, 5.41) is 0. The van der Waals surface area contributed by atoms with Crippen LogP contribution >= 0.6 is 15.9 Å². The van der Waals surface area contributed by atoms with Gasteiger partial charge in [-0.25, -0.2) is 4.98 Å². The number of hydrogen-bond donors (Lipinski definition) is 0. The van der Waals surface area contributed by atoms with Crippen molar-refractivity contribution in [2.24, 2.45) is 0 Å². The van der Waals surface area contributed by atoms with Gasteiger partial charge in [0.1, 0.15) is 4.60 Å². The molecule has 0 saturated carbocycles. The molecular formula is C7H8BrN. The van der Waals surface area contributed by atoms with Crippen molar-refractivity contribution in [1.82, 2.24) is 4.98 Å². The second kappa shape index (κ2) is 2.97. The number of rotatable bonds is 1. The van der Waals surface area contributed by atoms with Crippen LogP contribution in [0.5, 0.6) is 0 Å². The molecule has 0 aliphatic rings. The van der Waals surface area contributed by atoms with Crippen LogP contribution in [0.1, 0.15) is 19.3 Å². The fourth-order valence-electron chi connectivity index (χ4n) is 0.480. The highest BCUT2D eigenvalue weighted by molar-refractivity contribution is 9.10. The minimum Gasteiger partial charge on any atom is -0.249 e. The lowest BCUT2D eigenvalue weighted by atomic mass is 10.2. The van der Waals surface area contributed by atoms with E-state index in [0.717, 1.165) is 0 Å². The van der Waals surface area contributed by atoms with Crippen LogP contribution in [0.2, 0.25) is 0 Å². The van der Waals surface area contributed by atoms with Gasteiger partial charge in [0.15, 0.2) is 0 Å². The third-order valence-electron chi connectivity index (χ3n) is 0.871. The Kier molecular flexibility index (Phi) is 0.892. The summed E-state index contributed by atoms with van der Waals surface area (Å²) in [6, 6.07) is 2.73. The van der Waals surface area contributed by atoms with Crippen molar-refractivity contribution in [3.05, 3.63) is 28.5 Å². The Morgan fingerprint density at radius 1 is 2.00 bits per heavy atom. The monoisotopic (exact) mass is 190 g/mol. The van der Waals surface area contributed by atoms with Crippen molar-refractivity contribution in [2.45, 2.75) is 13.2 Å². The Hall–Kier alpha value is -0.370. The molecule has 0 atom stereocenters. The molecule has 0 amide bonds. The van der Waals surface area contributed by atoms with E-state index in [-0.39, 0.29) is 5.56 Å². The zero-order chi connectivity index (χ0) is 11.0. The summed E-state index contributed by atoms with van der Waals surface area (Å²) in [4.78, 5) is 3.80. The fourth-order valence-corrected chi connectivity index (χ4v) is 0.845. The van der Waals surface area contributed by atoms with Crippen molar-refractivity contribution in [3.63, 3.8) is 0 Å². The van der Waals surface area contributed by atoms with Gasteiger partial charge in [-0.05, 0) is 40.0 Å². The smallest absolute Gasteiger partial charge is 0.106 e. The first kappa shape index (κ1) is 2.70.